The second kappa shape index (κ2) is 8.17. The first-order valence-corrected chi connectivity index (χ1v) is 10.6. The van der Waals surface area contributed by atoms with Gasteiger partial charge in [0.25, 0.3) is 0 Å². The Labute approximate surface area is 163 Å². The zero-order valence-electron chi connectivity index (χ0n) is 15.7. The lowest BCUT2D eigenvalue weighted by atomic mass is 10.1. The van der Waals surface area contributed by atoms with Crippen LogP contribution in [0.2, 0.25) is 0 Å². The number of sulfone groups is 1. The van der Waals surface area contributed by atoms with Gasteiger partial charge in [0.15, 0.2) is 21.3 Å². The minimum atomic E-state index is -3.17. The molecule has 2 aliphatic rings. The van der Waals surface area contributed by atoms with Crippen molar-refractivity contribution in [3.05, 3.63) is 23.8 Å². The molecule has 3 rings (SSSR count). The Morgan fingerprint density at radius 3 is 2.61 bits per heavy atom. The summed E-state index contributed by atoms with van der Waals surface area (Å²) in [5.41, 5.74) is 0.821. The third kappa shape index (κ3) is 4.44. The molecule has 2 aliphatic heterocycles. The Morgan fingerprint density at radius 2 is 1.96 bits per heavy atom. The minimum Gasteiger partial charge on any atom is -0.493 e. The lowest BCUT2D eigenvalue weighted by Gasteiger charge is -2.27. The Kier molecular flexibility index (Phi) is 5.87. The Balaban J connectivity index is 1.67. The van der Waals surface area contributed by atoms with Crippen molar-refractivity contribution in [2.75, 3.05) is 25.7 Å². The van der Waals surface area contributed by atoms with Crippen molar-refractivity contribution < 1.29 is 32.2 Å². The summed E-state index contributed by atoms with van der Waals surface area (Å²) in [7, 11) is -0.124. The van der Waals surface area contributed by atoms with E-state index in [1.165, 1.54) is 14.2 Å². The summed E-state index contributed by atoms with van der Waals surface area (Å²) >= 11 is 0. The average molecular weight is 410 g/mol. The second-order valence-corrected chi connectivity index (χ2v) is 8.84. The van der Waals surface area contributed by atoms with Gasteiger partial charge in [-0.15, -0.1) is 0 Å². The highest BCUT2D eigenvalue weighted by Gasteiger charge is 2.37. The van der Waals surface area contributed by atoms with E-state index in [1.54, 1.807) is 18.2 Å². The number of hydrazone groups is 1. The van der Waals surface area contributed by atoms with E-state index in [0.717, 1.165) is 5.01 Å². The van der Waals surface area contributed by atoms with E-state index in [9.17, 15) is 18.0 Å². The van der Waals surface area contributed by atoms with Crippen LogP contribution in [0.1, 0.15) is 24.8 Å². The number of hydrogen-bond acceptors (Lipinski definition) is 8. The molecule has 0 N–H and O–H groups in total. The highest BCUT2D eigenvalue weighted by atomic mass is 32.2. The third-order valence-electron chi connectivity index (χ3n) is 4.67. The van der Waals surface area contributed by atoms with Crippen LogP contribution in [-0.4, -0.2) is 62.8 Å². The molecule has 1 amide bonds. The summed E-state index contributed by atoms with van der Waals surface area (Å²) < 4.78 is 39.0. The molecule has 1 aromatic carbocycles. The van der Waals surface area contributed by atoms with Crippen LogP contribution in [0.3, 0.4) is 0 Å². The summed E-state index contributed by atoms with van der Waals surface area (Å²) in [6.45, 7) is 0.00393. The van der Waals surface area contributed by atoms with Crippen molar-refractivity contribution in [1.29, 1.82) is 0 Å². The molecule has 0 aromatic heterocycles. The maximum atomic E-state index is 12.4. The topological polar surface area (TPSA) is 112 Å². The lowest BCUT2D eigenvalue weighted by molar-refractivity contribution is -0.138. The molecular formula is C18H22N2O7S. The molecule has 0 spiro atoms. The highest BCUT2D eigenvalue weighted by molar-refractivity contribution is 7.91. The van der Waals surface area contributed by atoms with Gasteiger partial charge in [-0.25, -0.2) is 18.2 Å². The maximum Gasteiger partial charge on any atom is 0.354 e. The van der Waals surface area contributed by atoms with Gasteiger partial charge in [-0.2, -0.15) is 5.10 Å². The summed E-state index contributed by atoms with van der Waals surface area (Å²) in [5.74, 6) is 0.0681. The fourth-order valence-corrected chi connectivity index (χ4v) is 4.87. The standard InChI is InChI=1S/C18H22N2O7S/c1-25-15-5-3-12(9-16(15)26-2)10-27-18(22)14-4-6-17(21)20(19-14)13-7-8-28(23,24)11-13/h3,5,9,13H,4,6-8,10-11H2,1-2H3. The quantitative estimate of drug-likeness (QED) is 0.641. The zero-order chi connectivity index (χ0) is 20.3. The monoisotopic (exact) mass is 410 g/mol. The van der Waals surface area contributed by atoms with E-state index in [0.29, 0.717) is 23.5 Å². The molecule has 152 valence electrons. The largest absolute Gasteiger partial charge is 0.493 e. The van der Waals surface area contributed by atoms with Crippen molar-refractivity contribution in [3.8, 4) is 11.5 Å². The molecule has 0 saturated carbocycles. The number of esters is 1. The van der Waals surface area contributed by atoms with Gasteiger partial charge >= 0.3 is 5.97 Å². The third-order valence-corrected chi connectivity index (χ3v) is 6.42. The maximum absolute atomic E-state index is 12.4. The van der Waals surface area contributed by atoms with Crippen LogP contribution < -0.4 is 9.47 Å². The highest BCUT2D eigenvalue weighted by Crippen LogP contribution is 2.28. The molecule has 1 atom stereocenters. The smallest absolute Gasteiger partial charge is 0.354 e. The number of nitrogens with zero attached hydrogens (tertiary/aromatic N) is 2. The number of amides is 1. The SMILES string of the molecule is COc1ccc(COC(=O)C2=NN(C3CCS(=O)(=O)C3)C(=O)CC2)cc1OC. The number of rotatable bonds is 6. The molecule has 28 heavy (non-hydrogen) atoms. The Bertz CT molecular complexity index is 911. The molecule has 1 aromatic rings. The van der Waals surface area contributed by atoms with Crippen LogP contribution in [0, 0.1) is 0 Å². The van der Waals surface area contributed by atoms with Crippen molar-refractivity contribution in [2.45, 2.75) is 31.9 Å². The lowest BCUT2D eigenvalue weighted by Crippen LogP contribution is -2.42. The second-order valence-electron chi connectivity index (χ2n) is 6.61. The molecule has 0 bridgehead atoms. The molecule has 0 radical (unpaired) electrons. The molecular weight excluding hydrogens is 388 g/mol. The predicted octanol–water partition coefficient (Wildman–Crippen LogP) is 0.912. The summed E-state index contributed by atoms with van der Waals surface area (Å²) in [5, 5.41) is 5.24. The van der Waals surface area contributed by atoms with Crippen molar-refractivity contribution in [2.24, 2.45) is 5.10 Å². The molecule has 9 nitrogen and oxygen atoms in total. The van der Waals surface area contributed by atoms with Crippen LogP contribution in [0.4, 0.5) is 0 Å². The van der Waals surface area contributed by atoms with Crippen molar-refractivity contribution in [3.63, 3.8) is 0 Å². The van der Waals surface area contributed by atoms with E-state index < -0.39 is 21.8 Å². The first-order valence-electron chi connectivity index (χ1n) is 8.81. The van der Waals surface area contributed by atoms with Gasteiger partial charge < -0.3 is 14.2 Å². The van der Waals surface area contributed by atoms with Gasteiger partial charge in [0.2, 0.25) is 5.91 Å². The summed E-state index contributed by atoms with van der Waals surface area (Å²) in [6, 6.07) is 4.64. The molecule has 1 unspecified atom stereocenters. The van der Waals surface area contributed by atoms with E-state index in [4.69, 9.17) is 14.2 Å². The van der Waals surface area contributed by atoms with E-state index in [2.05, 4.69) is 5.10 Å². The van der Waals surface area contributed by atoms with Crippen LogP contribution in [0.25, 0.3) is 0 Å². The molecule has 1 fully saturated rings. The molecule has 10 heteroatoms. The Hall–Kier alpha value is -2.62. The summed E-state index contributed by atoms with van der Waals surface area (Å²) in [6.07, 6.45) is 0.589. The van der Waals surface area contributed by atoms with Crippen LogP contribution in [0.15, 0.2) is 23.3 Å². The van der Waals surface area contributed by atoms with Crippen molar-refractivity contribution in [1.82, 2.24) is 5.01 Å². The van der Waals surface area contributed by atoms with E-state index >= 15 is 0 Å². The van der Waals surface area contributed by atoms with Gasteiger partial charge in [0.05, 0.1) is 31.8 Å². The number of hydrogen-bond donors (Lipinski definition) is 0. The number of benzene rings is 1. The van der Waals surface area contributed by atoms with Gasteiger partial charge in [-0.05, 0) is 24.1 Å². The predicted molar refractivity (Wildman–Crippen MR) is 99.9 cm³/mol. The van der Waals surface area contributed by atoms with Crippen molar-refractivity contribution >= 4 is 27.4 Å². The molecule has 1 saturated heterocycles. The first kappa shape index (κ1) is 20.1. The van der Waals surface area contributed by atoms with Crippen LogP contribution in [-0.2, 0) is 30.8 Å². The van der Waals surface area contributed by atoms with Gasteiger partial charge in [0, 0.05) is 12.8 Å². The van der Waals surface area contributed by atoms with Gasteiger partial charge in [-0.1, -0.05) is 6.07 Å². The van der Waals surface area contributed by atoms with E-state index in [-0.39, 0.29) is 42.6 Å². The van der Waals surface area contributed by atoms with E-state index in [1.807, 2.05) is 0 Å². The average Bonchev–Trinajstić information content (AvgIpc) is 3.05. The van der Waals surface area contributed by atoms with Gasteiger partial charge in [0.1, 0.15) is 12.3 Å². The number of methoxy groups -OCH3 is 2. The number of carbonyl (C=O) groups excluding carboxylic acids is 2. The fraction of sp³-hybridized carbons (Fsp3) is 0.500. The number of carbonyl (C=O) groups is 2. The first-order chi connectivity index (χ1) is 13.3. The number of ether oxygens (including phenoxy) is 3. The van der Waals surface area contributed by atoms with Gasteiger partial charge in [-0.3, -0.25) is 4.79 Å². The normalized spacial score (nSPS) is 21.2. The van der Waals surface area contributed by atoms with Crippen LogP contribution in [0.5, 0.6) is 11.5 Å². The fourth-order valence-electron chi connectivity index (χ4n) is 3.17. The Morgan fingerprint density at radius 1 is 1.21 bits per heavy atom. The molecule has 0 aliphatic carbocycles. The zero-order valence-corrected chi connectivity index (χ0v) is 16.5. The summed E-state index contributed by atoms with van der Waals surface area (Å²) in [4.78, 5) is 24.5. The van der Waals surface area contributed by atoms with Crippen LogP contribution >= 0.6 is 0 Å². The molecule has 2 heterocycles. The minimum absolute atomic E-state index is 0.00393.